The summed E-state index contributed by atoms with van der Waals surface area (Å²) in [6.45, 7) is 12.1. The molecule has 0 aromatic rings. The Balaban J connectivity index is 2.69. The third-order valence-corrected chi connectivity index (χ3v) is 6.69. The van der Waals surface area contributed by atoms with Crippen molar-refractivity contribution in [3.63, 3.8) is 0 Å². The lowest BCUT2D eigenvalue weighted by molar-refractivity contribution is 0.767. The second-order valence-electron chi connectivity index (χ2n) is 4.85. The molecule has 1 saturated heterocycles. The van der Waals surface area contributed by atoms with Crippen molar-refractivity contribution in [2.45, 2.75) is 63.9 Å². The van der Waals surface area contributed by atoms with E-state index in [0.717, 1.165) is 11.3 Å². The van der Waals surface area contributed by atoms with Gasteiger partial charge in [-0.15, -0.1) is 0 Å². The maximum absolute atomic E-state index is 2.44. The molecule has 0 saturated carbocycles. The zero-order chi connectivity index (χ0) is 8.65. The standard InChI is InChI=1S/C10H21P/c1-8-6-7-9(2)11(8)10(3,4)5/h8-9H,6-7H2,1-5H3. The van der Waals surface area contributed by atoms with E-state index in [-0.39, 0.29) is 0 Å². The highest BCUT2D eigenvalue weighted by Crippen LogP contribution is 2.63. The molecule has 1 aliphatic heterocycles. The van der Waals surface area contributed by atoms with E-state index in [0.29, 0.717) is 13.1 Å². The largest absolute Gasteiger partial charge is 0.0954 e. The molecule has 1 aliphatic rings. The average Bonchev–Trinajstić information content (AvgIpc) is 2.08. The van der Waals surface area contributed by atoms with E-state index in [1.807, 2.05) is 0 Å². The molecule has 0 spiro atoms. The van der Waals surface area contributed by atoms with Gasteiger partial charge in [0.15, 0.2) is 0 Å². The molecule has 0 aromatic heterocycles. The smallest absolute Gasteiger partial charge is 0.0175 e. The summed E-state index contributed by atoms with van der Waals surface area (Å²) in [7, 11) is 0.291. The van der Waals surface area contributed by atoms with Gasteiger partial charge in [-0.1, -0.05) is 42.5 Å². The van der Waals surface area contributed by atoms with Crippen molar-refractivity contribution in [3.05, 3.63) is 0 Å². The quantitative estimate of drug-likeness (QED) is 0.487. The van der Waals surface area contributed by atoms with Crippen molar-refractivity contribution in [2.24, 2.45) is 0 Å². The van der Waals surface area contributed by atoms with Gasteiger partial charge in [0, 0.05) is 0 Å². The summed E-state index contributed by atoms with van der Waals surface area (Å²) >= 11 is 0. The van der Waals surface area contributed by atoms with Gasteiger partial charge < -0.3 is 0 Å². The van der Waals surface area contributed by atoms with Gasteiger partial charge in [-0.2, -0.15) is 0 Å². The molecule has 1 heterocycles. The molecule has 0 amide bonds. The predicted octanol–water partition coefficient (Wildman–Crippen LogP) is 3.84. The van der Waals surface area contributed by atoms with Crippen molar-refractivity contribution in [1.82, 2.24) is 0 Å². The van der Waals surface area contributed by atoms with Crippen LogP contribution >= 0.6 is 7.92 Å². The SMILES string of the molecule is CC1CCC(C)P1C(C)(C)C. The Kier molecular flexibility index (Phi) is 2.64. The monoisotopic (exact) mass is 172 g/mol. The van der Waals surface area contributed by atoms with E-state index < -0.39 is 0 Å². The van der Waals surface area contributed by atoms with E-state index in [2.05, 4.69) is 34.6 Å². The van der Waals surface area contributed by atoms with E-state index in [4.69, 9.17) is 0 Å². The summed E-state index contributed by atoms with van der Waals surface area (Å²) in [5, 5.41) is 0.588. The second-order valence-corrected chi connectivity index (χ2v) is 8.77. The van der Waals surface area contributed by atoms with Gasteiger partial charge >= 0.3 is 0 Å². The van der Waals surface area contributed by atoms with E-state index in [1.54, 1.807) is 0 Å². The van der Waals surface area contributed by atoms with Crippen LogP contribution in [0.3, 0.4) is 0 Å². The minimum atomic E-state index is 0.291. The summed E-state index contributed by atoms with van der Waals surface area (Å²) < 4.78 is 0. The number of rotatable bonds is 0. The first-order valence-electron chi connectivity index (χ1n) is 4.71. The minimum Gasteiger partial charge on any atom is -0.0954 e. The van der Waals surface area contributed by atoms with Crippen LogP contribution < -0.4 is 0 Å². The number of hydrogen-bond acceptors (Lipinski definition) is 0. The summed E-state index contributed by atoms with van der Waals surface area (Å²) in [5.41, 5.74) is 2.03. The van der Waals surface area contributed by atoms with Crippen LogP contribution in [0.1, 0.15) is 47.5 Å². The third kappa shape index (κ3) is 1.96. The fraction of sp³-hybridized carbons (Fsp3) is 1.00. The maximum atomic E-state index is 2.44. The van der Waals surface area contributed by atoms with E-state index in [1.165, 1.54) is 12.8 Å². The Morgan fingerprint density at radius 2 is 1.36 bits per heavy atom. The van der Waals surface area contributed by atoms with Gasteiger partial charge in [0.05, 0.1) is 0 Å². The third-order valence-electron chi connectivity index (χ3n) is 2.73. The van der Waals surface area contributed by atoms with Crippen LogP contribution in [0.5, 0.6) is 0 Å². The summed E-state index contributed by atoms with van der Waals surface area (Å²) in [6, 6.07) is 0. The first-order valence-corrected chi connectivity index (χ1v) is 6.19. The minimum absolute atomic E-state index is 0.291. The highest BCUT2D eigenvalue weighted by molar-refractivity contribution is 7.61. The molecule has 1 fully saturated rings. The maximum Gasteiger partial charge on any atom is -0.0175 e. The van der Waals surface area contributed by atoms with Gasteiger partial charge in [-0.3, -0.25) is 0 Å². The first-order chi connectivity index (χ1) is 4.93. The van der Waals surface area contributed by atoms with Gasteiger partial charge in [0.1, 0.15) is 0 Å². The Bertz CT molecular complexity index is 124. The molecule has 2 unspecified atom stereocenters. The van der Waals surface area contributed by atoms with Crippen LogP contribution in [0.4, 0.5) is 0 Å². The van der Waals surface area contributed by atoms with Crippen molar-refractivity contribution in [3.8, 4) is 0 Å². The molecular weight excluding hydrogens is 151 g/mol. The summed E-state index contributed by atoms with van der Waals surface area (Å²) in [4.78, 5) is 0. The highest BCUT2D eigenvalue weighted by atomic mass is 31.1. The molecule has 11 heavy (non-hydrogen) atoms. The molecule has 0 radical (unpaired) electrons. The fourth-order valence-electron chi connectivity index (χ4n) is 2.52. The van der Waals surface area contributed by atoms with Crippen LogP contribution in [0, 0.1) is 0 Å². The normalized spacial score (nSPS) is 39.5. The van der Waals surface area contributed by atoms with Crippen molar-refractivity contribution in [1.29, 1.82) is 0 Å². The molecule has 0 nitrogen and oxygen atoms in total. The first kappa shape index (κ1) is 9.52. The molecule has 1 heteroatoms. The Morgan fingerprint density at radius 1 is 1.00 bits per heavy atom. The lowest BCUT2D eigenvalue weighted by atomic mass is 10.2. The Morgan fingerprint density at radius 3 is 1.55 bits per heavy atom. The highest BCUT2D eigenvalue weighted by Gasteiger charge is 2.37. The van der Waals surface area contributed by atoms with Crippen molar-refractivity contribution in [2.75, 3.05) is 0 Å². The Hall–Kier alpha value is 0.430. The van der Waals surface area contributed by atoms with Crippen LogP contribution in [-0.4, -0.2) is 16.5 Å². The predicted molar refractivity (Wildman–Crippen MR) is 54.8 cm³/mol. The van der Waals surface area contributed by atoms with Crippen LogP contribution in [-0.2, 0) is 0 Å². The second kappa shape index (κ2) is 3.05. The molecule has 0 bridgehead atoms. The zero-order valence-electron chi connectivity index (χ0n) is 8.52. The molecular formula is C10H21P. The van der Waals surface area contributed by atoms with Gasteiger partial charge in [0.25, 0.3) is 0 Å². The van der Waals surface area contributed by atoms with Crippen molar-refractivity contribution >= 4 is 7.92 Å². The molecule has 2 atom stereocenters. The fourth-order valence-corrected chi connectivity index (χ4v) is 6.89. The molecule has 1 rings (SSSR count). The molecule has 0 N–H and O–H groups in total. The van der Waals surface area contributed by atoms with Crippen LogP contribution in [0.2, 0.25) is 0 Å². The lowest BCUT2D eigenvalue weighted by Gasteiger charge is -2.34. The molecule has 66 valence electrons. The van der Waals surface area contributed by atoms with Crippen LogP contribution in [0.25, 0.3) is 0 Å². The summed E-state index contributed by atoms with van der Waals surface area (Å²) in [6.07, 6.45) is 2.95. The zero-order valence-corrected chi connectivity index (χ0v) is 9.41. The summed E-state index contributed by atoms with van der Waals surface area (Å²) in [5.74, 6) is 0. The van der Waals surface area contributed by atoms with Gasteiger partial charge in [0.2, 0.25) is 0 Å². The Labute approximate surface area is 72.5 Å². The lowest BCUT2D eigenvalue weighted by Crippen LogP contribution is -2.18. The van der Waals surface area contributed by atoms with Crippen molar-refractivity contribution < 1.29 is 0 Å². The van der Waals surface area contributed by atoms with E-state index in [9.17, 15) is 0 Å². The van der Waals surface area contributed by atoms with Gasteiger partial charge in [-0.05, 0) is 29.3 Å². The number of hydrogen-bond donors (Lipinski definition) is 0. The topological polar surface area (TPSA) is 0 Å². The van der Waals surface area contributed by atoms with Crippen LogP contribution in [0.15, 0.2) is 0 Å². The molecule has 0 aliphatic carbocycles. The molecule has 0 aromatic carbocycles. The van der Waals surface area contributed by atoms with E-state index >= 15 is 0 Å². The average molecular weight is 172 g/mol. The van der Waals surface area contributed by atoms with Gasteiger partial charge in [-0.25, -0.2) is 0 Å².